The Bertz CT molecular complexity index is 2520. The molecule has 4 nitrogen and oxygen atoms in total. The number of rotatable bonds is 4. The summed E-state index contributed by atoms with van der Waals surface area (Å²) in [6.45, 7) is 0. The number of hydrogen-bond donors (Lipinski definition) is 0. The molecule has 46 heavy (non-hydrogen) atoms. The fourth-order valence-corrected chi connectivity index (χ4v) is 8.12. The second-order valence-electron chi connectivity index (χ2n) is 11.5. The molecule has 6 heteroatoms. The third-order valence-corrected chi connectivity index (χ3v) is 10.6. The summed E-state index contributed by atoms with van der Waals surface area (Å²) in [5, 5.41) is 8.85. The molecule has 6 aromatic carbocycles. The lowest BCUT2D eigenvalue weighted by atomic mass is 10.1. The maximum Gasteiger partial charge on any atom is 0.163 e. The largest absolute Gasteiger partial charge is 0.454 e. The fraction of sp³-hybridized carbons (Fsp3) is 0. The van der Waals surface area contributed by atoms with E-state index in [-0.39, 0.29) is 0 Å². The first-order valence-electron chi connectivity index (χ1n) is 15.0. The molecule has 0 amide bonds. The molecule has 0 aliphatic heterocycles. The van der Waals surface area contributed by atoms with E-state index in [0.717, 1.165) is 75.4 Å². The molecule has 10 rings (SSSR count). The van der Waals surface area contributed by atoms with Gasteiger partial charge in [0.1, 0.15) is 11.5 Å². The molecule has 0 aliphatic carbocycles. The van der Waals surface area contributed by atoms with Crippen molar-refractivity contribution in [3.63, 3.8) is 0 Å². The van der Waals surface area contributed by atoms with Crippen LogP contribution >= 0.6 is 22.7 Å². The summed E-state index contributed by atoms with van der Waals surface area (Å²) in [4.78, 5) is 9.94. The van der Waals surface area contributed by atoms with E-state index in [4.69, 9.17) is 18.8 Å². The first-order chi connectivity index (χ1) is 22.7. The Morgan fingerprint density at radius 1 is 0.370 bits per heavy atom. The van der Waals surface area contributed by atoms with E-state index < -0.39 is 0 Å². The van der Waals surface area contributed by atoms with Crippen LogP contribution in [0.2, 0.25) is 0 Å². The van der Waals surface area contributed by atoms with Gasteiger partial charge in [0.25, 0.3) is 0 Å². The van der Waals surface area contributed by atoms with E-state index in [1.54, 1.807) is 22.7 Å². The van der Waals surface area contributed by atoms with Crippen molar-refractivity contribution in [2.24, 2.45) is 0 Å². The number of thiazole rings is 2. The van der Waals surface area contributed by atoms with Crippen LogP contribution in [-0.4, -0.2) is 9.97 Å². The molecule has 0 radical (unpaired) electrons. The molecular weight excluding hydrogens is 605 g/mol. The Morgan fingerprint density at radius 3 is 1.28 bits per heavy atom. The number of benzene rings is 6. The second-order valence-corrected chi connectivity index (χ2v) is 13.5. The minimum absolute atomic E-state index is 0.780. The Balaban J connectivity index is 0.968. The molecule has 0 aliphatic rings. The maximum absolute atomic E-state index is 6.32. The minimum Gasteiger partial charge on any atom is -0.454 e. The summed E-state index contributed by atoms with van der Waals surface area (Å²) in [6, 6.07) is 46.4. The summed E-state index contributed by atoms with van der Waals surface area (Å²) in [6.07, 6.45) is 0. The molecular formula is C40H22N2O2S2. The Kier molecular flexibility index (Phi) is 5.58. The van der Waals surface area contributed by atoms with E-state index in [1.807, 2.05) is 24.3 Å². The van der Waals surface area contributed by atoms with Crippen LogP contribution in [-0.2, 0) is 0 Å². The number of nitrogens with zero attached hydrogens (tertiary/aromatic N) is 2. The Hall–Kier alpha value is -5.56. The zero-order chi connectivity index (χ0) is 30.2. The van der Waals surface area contributed by atoms with Crippen LogP contribution in [0.3, 0.4) is 0 Å². The topological polar surface area (TPSA) is 52.1 Å². The zero-order valence-electron chi connectivity index (χ0n) is 24.2. The highest BCUT2D eigenvalue weighted by Gasteiger charge is 2.16. The Labute approximate surface area is 270 Å². The average Bonchev–Trinajstić information content (AvgIpc) is 3.91. The van der Waals surface area contributed by atoms with Gasteiger partial charge in [-0.25, -0.2) is 9.97 Å². The monoisotopic (exact) mass is 626 g/mol. The quantitative estimate of drug-likeness (QED) is 0.195. The number of fused-ring (bicyclic) bond motifs is 5. The fourth-order valence-electron chi connectivity index (χ4n) is 6.21. The van der Waals surface area contributed by atoms with Crippen molar-refractivity contribution in [1.82, 2.24) is 9.97 Å². The van der Waals surface area contributed by atoms with Gasteiger partial charge in [-0.1, -0.05) is 72.8 Å². The summed E-state index contributed by atoms with van der Waals surface area (Å²) in [5.74, 6) is 3.24. The smallest absolute Gasteiger partial charge is 0.163 e. The number of aromatic nitrogens is 2. The van der Waals surface area contributed by atoms with Gasteiger partial charge in [0.15, 0.2) is 21.5 Å². The first kappa shape index (κ1) is 25.7. The van der Waals surface area contributed by atoms with E-state index >= 15 is 0 Å². The van der Waals surface area contributed by atoms with Crippen molar-refractivity contribution in [1.29, 1.82) is 0 Å². The zero-order valence-corrected chi connectivity index (χ0v) is 25.9. The van der Waals surface area contributed by atoms with Crippen LogP contribution < -0.4 is 0 Å². The van der Waals surface area contributed by atoms with Gasteiger partial charge < -0.3 is 8.83 Å². The van der Waals surface area contributed by atoms with E-state index in [1.165, 1.54) is 21.5 Å². The minimum atomic E-state index is 0.780. The molecule has 4 heterocycles. The van der Waals surface area contributed by atoms with Gasteiger partial charge in [-0.2, -0.15) is 0 Å². The molecule has 0 fully saturated rings. The van der Waals surface area contributed by atoms with Gasteiger partial charge >= 0.3 is 0 Å². The van der Waals surface area contributed by atoms with Crippen LogP contribution in [0.25, 0.3) is 96.9 Å². The molecule has 216 valence electrons. The van der Waals surface area contributed by atoms with Gasteiger partial charge in [0, 0.05) is 11.1 Å². The van der Waals surface area contributed by atoms with Crippen LogP contribution in [0, 0.1) is 0 Å². The van der Waals surface area contributed by atoms with Crippen molar-refractivity contribution in [3.05, 3.63) is 133 Å². The number of furan rings is 2. The molecule has 10 aromatic rings. The van der Waals surface area contributed by atoms with Crippen LogP contribution in [0.15, 0.2) is 142 Å². The second kappa shape index (κ2) is 9.97. The average molecular weight is 627 g/mol. The Morgan fingerprint density at radius 2 is 0.804 bits per heavy atom. The van der Waals surface area contributed by atoms with Crippen LogP contribution in [0.1, 0.15) is 0 Å². The van der Waals surface area contributed by atoms with Crippen LogP contribution in [0.4, 0.5) is 0 Å². The summed E-state index contributed by atoms with van der Waals surface area (Å²) < 4.78 is 14.9. The van der Waals surface area contributed by atoms with E-state index in [9.17, 15) is 0 Å². The highest BCUT2D eigenvalue weighted by atomic mass is 32.1. The molecule has 0 spiro atoms. The molecule has 4 aromatic heterocycles. The summed E-state index contributed by atoms with van der Waals surface area (Å²) in [5.41, 5.74) is 4.05. The predicted octanol–water partition coefficient (Wildman–Crippen LogP) is 12.2. The van der Waals surface area contributed by atoms with Crippen molar-refractivity contribution < 1.29 is 8.83 Å². The number of hydrogen-bond acceptors (Lipinski definition) is 6. The normalized spacial score (nSPS) is 11.9. The van der Waals surface area contributed by atoms with Gasteiger partial charge in [-0.05, 0) is 93.0 Å². The van der Waals surface area contributed by atoms with Gasteiger partial charge in [0.05, 0.1) is 20.4 Å². The maximum atomic E-state index is 6.32. The lowest BCUT2D eigenvalue weighted by Gasteiger charge is -2.01. The SMILES string of the molecule is c1ccc2cc(-c3ccc(-c4nc5cc6cc7sc(-c8ccc(-c9ccc%10ccccc%10c9)o8)nc7cc6cc5s4)o3)ccc2c1. The standard InChI is InChI=1S/C40H22N2O2S2/c1-3-7-25-17-27(11-9-23(25)5-1)33-13-15-35(43-33)39-41-31-19-29-22-38-32(20-30(29)21-37(31)45-39)42-40(46-38)36-16-14-34(44-36)28-12-10-24-6-2-4-8-26(24)18-28/h1-22H. The molecule has 0 N–H and O–H groups in total. The third-order valence-electron chi connectivity index (χ3n) is 8.55. The van der Waals surface area contributed by atoms with Gasteiger partial charge in [0.2, 0.25) is 0 Å². The van der Waals surface area contributed by atoms with Gasteiger partial charge in [-0.3, -0.25) is 0 Å². The summed E-state index contributed by atoms with van der Waals surface area (Å²) in [7, 11) is 0. The highest BCUT2D eigenvalue weighted by molar-refractivity contribution is 7.22. The molecule has 0 unspecified atom stereocenters. The van der Waals surface area contributed by atoms with Crippen molar-refractivity contribution in [3.8, 4) is 44.2 Å². The van der Waals surface area contributed by atoms with E-state index in [2.05, 4.69) is 109 Å². The first-order valence-corrected chi connectivity index (χ1v) is 16.7. The molecule has 0 bridgehead atoms. The van der Waals surface area contributed by atoms with Crippen molar-refractivity contribution in [2.45, 2.75) is 0 Å². The van der Waals surface area contributed by atoms with Gasteiger partial charge in [-0.15, -0.1) is 22.7 Å². The van der Waals surface area contributed by atoms with E-state index in [0.29, 0.717) is 0 Å². The molecule has 0 atom stereocenters. The highest BCUT2D eigenvalue weighted by Crippen LogP contribution is 2.39. The lowest BCUT2D eigenvalue weighted by molar-refractivity contribution is 0.597. The summed E-state index contributed by atoms with van der Waals surface area (Å²) >= 11 is 3.29. The molecule has 0 saturated heterocycles. The van der Waals surface area contributed by atoms with Crippen molar-refractivity contribution >= 4 is 75.4 Å². The van der Waals surface area contributed by atoms with Crippen molar-refractivity contribution in [2.75, 3.05) is 0 Å². The lowest BCUT2D eigenvalue weighted by Crippen LogP contribution is -1.77. The predicted molar refractivity (Wildman–Crippen MR) is 192 cm³/mol. The third kappa shape index (κ3) is 4.26. The van der Waals surface area contributed by atoms with Crippen LogP contribution in [0.5, 0.6) is 0 Å². The molecule has 0 saturated carbocycles.